The molecule has 0 bridgehead atoms. The molecule has 0 aromatic heterocycles. The average Bonchev–Trinajstić information content (AvgIpc) is 2.72. The molecular weight excluding hydrogens is 326 g/mol. The minimum atomic E-state index is 0.803. The van der Waals surface area contributed by atoms with E-state index in [0.29, 0.717) is 0 Å². The highest BCUT2D eigenvalue weighted by atomic mass is 14.5. The van der Waals surface area contributed by atoms with Crippen LogP contribution < -0.4 is 5.73 Å². The van der Waals surface area contributed by atoms with Crippen LogP contribution in [0, 0.1) is 0 Å². The first-order chi connectivity index (χ1) is 13.3. The van der Waals surface area contributed by atoms with Crippen LogP contribution in [0.15, 0.2) is 91.0 Å². The van der Waals surface area contributed by atoms with Crippen molar-refractivity contribution in [2.45, 2.75) is 0 Å². The molecule has 2 N–H and O–H groups in total. The highest BCUT2D eigenvalue weighted by molar-refractivity contribution is 6.32. The van der Waals surface area contributed by atoms with E-state index < -0.39 is 0 Å². The Bertz CT molecular complexity index is 1520. The molecule has 6 rings (SSSR count). The van der Waals surface area contributed by atoms with Gasteiger partial charge in [0.1, 0.15) is 0 Å². The molecule has 1 nitrogen and oxygen atoms in total. The van der Waals surface area contributed by atoms with E-state index in [9.17, 15) is 0 Å². The van der Waals surface area contributed by atoms with Crippen molar-refractivity contribution in [1.29, 1.82) is 0 Å². The van der Waals surface area contributed by atoms with E-state index in [2.05, 4.69) is 84.9 Å². The number of nitrogen functional groups attached to an aromatic ring is 1. The molecule has 0 atom stereocenters. The summed E-state index contributed by atoms with van der Waals surface area (Å²) in [6.07, 6.45) is 0. The highest BCUT2D eigenvalue weighted by Crippen LogP contribution is 2.39. The van der Waals surface area contributed by atoms with Crippen LogP contribution in [0.3, 0.4) is 0 Å². The van der Waals surface area contributed by atoms with E-state index in [1.165, 1.54) is 53.9 Å². The lowest BCUT2D eigenvalue weighted by Gasteiger charge is -2.13. The van der Waals surface area contributed by atoms with Crippen LogP contribution in [0.1, 0.15) is 0 Å². The van der Waals surface area contributed by atoms with Crippen molar-refractivity contribution in [3.05, 3.63) is 91.0 Å². The Morgan fingerprint density at radius 3 is 1.63 bits per heavy atom. The first-order valence-electron chi connectivity index (χ1n) is 9.25. The molecule has 0 unspecified atom stereocenters. The van der Waals surface area contributed by atoms with E-state index in [1.807, 2.05) is 6.07 Å². The zero-order valence-electron chi connectivity index (χ0n) is 14.7. The summed E-state index contributed by atoms with van der Waals surface area (Å²) in [5.74, 6) is 0. The molecule has 0 aliphatic heterocycles. The quantitative estimate of drug-likeness (QED) is 0.232. The van der Waals surface area contributed by atoms with Crippen LogP contribution in [0.2, 0.25) is 0 Å². The fourth-order valence-corrected chi connectivity index (χ4v) is 4.48. The number of rotatable bonds is 0. The molecule has 0 aliphatic carbocycles. The Morgan fingerprint density at radius 2 is 0.926 bits per heavy atom. The van der Waals surface area contributed by atoms with E-state index in [-0.39, 0.29) is 0 Å². The van der Waals surface area contributed by atoms with Gasteiger partial charge in [-0.25, -0.2) is 0 Å². The van der Waals surface area contributed by atoms with Crippen LogP contribution in [0.25, 0.3) is 53.9 Å². The summed E-state index contributed by atoms with van der Waals surface area (Å²) >= 11 is 0. The number of hydrogen-bond acceptors (Lipinski definition) is 1. The van der Waals surface area contributed by atoms with Gasteiger partial charge in [0, 0.05) is 5.69 Å². The molecule has 0 saturated heterocycles. The third-order valence-electron chi connectivity index (χ3n) is 5.71. The maximum Gasteiger partial charge on any atom is 0.0320 e. The van der Waals surface area contributed by atoms with Gasteiger partial charge < -0.3 is 5.73 Å². The molecule has 0 spiro atoms. The summed E-state index contributed by atoms with van der Waals surface area (Å²) < 4.78 is 0. The number of anilines is 1. The maximum atomic E-state index is 6.05. The number of fused-ring (bicyclic) bond motifs is 9. The van der Waals surface area contributed by atoms with Crippen LogP contribution in [-0.4, -0.2) is 0 Å². The fraction of sp³-hybridized carbons (Fsp3) is 0. The van der Waals surface area contributed by atoms with E-state index in [1.54, 1.807) is 0 Å². The molecule has 126 valence electrons. The van der Waals surface area contributed by atoms with Gasteiger partial charge in [-0.2, -0.15) is 0 Å². The van der Waals surface area contributed by atoms with E-state index in [4.69, 9.17) is 5.73 Å². The minimum Gasteiger partial charge on any atom is -0.399 e. The van der Waals surface area contributed by atoms with E-state index in [0.717, 1.165) is 5.69 Å². The number of benzene rings is 6. The smallest absolute Gasteiger partial charge is 0.0320 e. The van der Waals surface area contributed by atoms with E-state index >= 15 is 0 Å². The monoisotopic (exact) mass is 343 g/mol. The van der Waals surface area contributed by atoms with Crippen LogP contribution >= 0.6 is 0 Å². The largest absolute Gasteiger partial charge is 0.399 e. The molecular formula is C26H17N. The molecule has 0 radical (unpaired) electrons. The second kappa shape index (κ2) is 5.21. The molecule has 0 heterocycles. The van der Waals surface area contributed by atoms with Crippen molar-refractivity contribution in [3.63, 3.8) is 0 Å². The van der Waals surface area contributed by atoms with Gasteiger partial charge in [-0.15, -0.1) is 0 Å². The van der Waals surface area contributed by atoms with Crippen molar-refractivity contribution >= 4 is 59.5 Å². The lowest BCUT2D eigenvalue weighted by Crippen LogP contribution is -1.87. The van der Waals surface area contributed by atoms with Crippen molar-refractivity contribution in [1.82, 2.24) is 0 Å². The summed E-state index contributed by atoms with van der Waals surface area (Å²) in [6, 6.07) is 32.7. The van der Waals surface area contributed by atoms with Crippen LogP contribution in [0.5, 0.6) is 0 Å². The van der Waals surface area contributed by atoms with Crippen molar-refractivity contribution < 1.29 is 0 Å². The normalized spacial score (nSPS) is 11.9. The Balaban J connectivity index is 2.00. The molecule has 1 heteroatoms. The maximum absolute atomic E-state index is 6.05. The number of hydrogen-bond donors (Lipinski definition) is 1. The van der Waals surface area contributed by atoms with Crippen molar-refractivity contribution in [3.8, 4) is 0 Å². The predicted octanol–water partition coefficient (Wildman–Crippen LogP) is 7.03. The second-order valence-electron chi connectivity index (χ2n) is 7.26. The molecule has 0 saturated carbocycles. The van der Waals surface area contributed by atoms with Crippen molar-refractivity contribution in [2.75, 3.05) is 5.73 Å². The summed E-state index contributed by atoms with van der Waals surface area (Å²) in [7, 11) is 0. The Labute approximate surface area is 156 Å². The zero-order valence-corrected chi connectivity index (χ0v) is 14.7. The Hall–Kier alpha value is -3.58. The summed E-state index contributed by atoms with van der Waals surface area (Å²) in [6.45, 7) is 0. The standard InChI is InChI=1S/C26H17N/c27-21-13-14-23-20(15-21)12-11-18-8-10-19-9-7-17-6-5-16-3-1-2-4-22(16)24(17)26(19)25(18)23/h1-15H,27H2. The molecule has 0 fully saturated rings. The van der Waals surface area contributed by atoms with Gasteiger partial charge in [-0.1, -0.05) is 78.9 Å². The Kier molecular flexibility index (Phi) is 2.81. The zero-order chi connectivity index (χ0) is 18.0. The summed E-state index contributed by atoms with van der Waals surface area (Å²) in [5.41, 5.74) is 6.85. The lowest BCUT2D eigenvalue weighted by atomic mass is 9.90. The van der Waals surface area contributed by atoms with Gasteiger partial charge in [0.05, 0.1) is 0 Å². The second-order valence-corrected chi connectivity index (χ2v) is 7.26. The molecule has 6 aromatic carbocycles. The first-order valence-corrected chi connectivity index (χ1v) is 9.25. The molecule has 0 amide bonds. The van der Waals surface area contributed by atoms with Crippen LogP contribution in [0.4, 0.5) is 5.69 Å². The third kappa shape index (κ3) is 2.00. The highest BCUT2D eigenvalue weighted by Gasteiger charge is 2.11. The lowest BCUT2D eigenvalue weighted by molar-refractivity contribution is 1.75. The minimum absolute atomic E-state index is 0.803. The van der Waals surface area contributed by atoms with Gasteiger partial charge in [-0.3, -0.25) is 0 Å². The SMILES string of the molecule is Nc1ccc2c(ccc3ccc4ccc5ccc6ccccc6c5c4c32)c1. The molecule has 27 heavy (non-hydrogen) atoms. The first kappa shape index (κ1) is 14.6. The van der Waals surface area contributed by atoms with Gasteiger partial charge in [0.15, 0.2) is 0 Å². The Morgan fingerprint density at radius 1 is 0.407 bits per heavy atom. The fourth-order valence-electron chi connectivity index (χ4n) is 4.48. The van der Waals surface area contributed by atoms with Crippen LogP contribution in [-0.2, 0) is 0 Å². The summed E-state index contributed by atoms with van der Waals surface area (Å²) in [4.78, 5) is 0. The van der Waals surface area contributed by atoms with Gasteiger partial charge in [0.2, 0.25) is 0 Å². The third-order valence-corrected chi connectivity index (χ3v) is 5.71. The number of nitrogens with two attached hydrogens (primary N) is 1. The molecule has 6 aromatic rings. The predicted molar refractivity (Wildman–Crippen MR) is 118 cm³/mol. The summed E-state index contributed by atoms with van der Waals surface area (Å²) in [5, 5.41) is 12.8. The topological polar surface area (TPSA) is 26.0 Å². The van der Waals surface area contributed by atoms with Gasteiger partial charge >= 0.3 is 0 Å². The van der Waals surface area contributed by atoms with Gasteiger partial charge in [0.25, 0.3) is 0 Å². The average molecular weight is 343 g/mol. The molecule has 0 aliphatic rings. The van der Waals surface area contributed by atoms with Crippen molar-refractivity contribution in [2.24, 2.45) is 0 Å². The van der Waals surface area contributed by atoms with Gasteiger partial charge in [-0.05, 0) is 66.0 Å².